The first-order valence-electron chi connectivity index (χ1n) is 4.92. The van der Waals surface area contributed by atoms with Gasteiger partial charge in [0, 0.05) is 13.8 Å². The van der Waals surface area contributed by atoms with Gasteiger partial charge in [-0.25, -0.2) is 0 Å². The van der Waals surface area contributed by atoms with Gasteiger partial charge < -0.3 is 5.32 Å². The maximum absolute atomic E-state index is 11.9. The van der Waals surface area contributed by atoms with Gasteiger partial charge in [-0.05, 0) is 45.6 Å². The number of rotatable bonds is 3. The minimum atomic E-state index is -0.0715. The van der Waals surface area contributed by atoms with Crippen LogP contribution in [-0.2, 0) is 6.54 Å². The van der Waals surface area contributed by atoms with Crippen LogP contribution in [0.15, 0.2) is 44.7 Å². The Labute approximate surface area is 120 Å². The average Bonchev–Trinajstić information content (AvgIpc) is 2.78. The number of carbonyl (C=O) groups is 1. The highest BCUT2D eigenvalue weighted by Crippen LogP contribution is 2.22. The van der Waals surface area contributed by atoms with E-state index in [2.05, 4.69) is 37.2 Å². The lowest BCUT2D eigenvalue weighted by Gasteiger charge is -2.06. The van der Waals surface area contributed by atoms with E-state index in [4.69, 9.17) is 0 Å². The summed E-state index contributed by atoms with van der Waals surface area (Å²) in [4.78, 5) is 13.1. The van der Waals surface area contributed by atoms with E-state index in [0.29, 0.717) is 12.1 Å². The van der Waals surface area contributed by atoms with Crippen molar-refractivity contribution in [2.45, 2.75) is 6.54 Å². The van der Waals surface area contributed by atoms with Crippen molar-refractivity contribution in [3.63, 3.8) is 0 Å². The molecule has 0 aliphatic rings. The molecular formula is C12H9Br2NOS. The van der Waals surface area contributed by atoms with Crippen LogP contribution in [0.25, 0.3) is 0 Å². The Morgan fingerprint density at radius 2 is 2.12 bits per heavy atom. The van der Waals surface area contributed by atoms with E-state index in [0.717, 1.165) is 13.8 Å². The molecular weight excluding hydrogens is 366 g/mol. The number of hydrogen-bond acceptors (Lipinski definition) is 2. The molecule has 1 heterocycles. The molecule has 2 nitrogen and oxygen atoms in total. The second-order valence-electron chi connectivity index (χ2n) is 3.39. The maximum Gasteiger partial charge on any atom is 0.252 e. The van der Waals surface area contributed by atoms with E-state index in [1.807, 2.05) is 29.6 Å². The molecule has 88 valence electrons. The third-order valence-corrected chi connectivity index (χ3v) is 4.20. The van der Waals surface area contributed by atoms with E-state index in [9.17, 15) is 4.79 Å². The van der Waals surface area contributed by atoms with Crippen LogP contribution in [0.4, 0.5) is 0 Å². The molecule has 1 aromatic heterocycles. The molecule has 0 aliphatic carbocycles. The van der Waals surface area contributed by atoms with E-state index >= 15 is 0 Å². The first-order chi connectivity index (χ1) is 8.16. The lowest BCUT2D eigenvalue weighted by molar-refractivity contribution is 0.0950. The van der Waals surface area contributed by atoms with Crippen LogP contribution in [0.3, 0.4) is 0 Å². The van der Waals surface area contributed by atoms with Crippen LogP contribution in [0, 0.1) is 0 Å². The molecule has 0 bridgehead atoms. The maximum atomic E-state index is 11.9. The van der Waals surface area contributed by atoms with Crippen LogP contribution in [0.1, 0.15) is 15.2 Å². The van der Waals surface area contributed by atoms with Crippen LogP contribution in [-0.4, -0.2) is 5.91 Å². The standard InChI is InChI=1S/C12H9Br2NOS/c13-8-3-4-10(11(14)6-8)12(16)15-7-9-2-1-5-17-9/h1-6H,7H2,(H,15,16). The number of amides is 1. The topological polar surface area (TPSA) is 29.1 Å². The predicted molar refractivity (Wildman–Crippen MR) is 77.3 cm³/mol. The molecule has 2 rings (SSSR count). The fourth-order valence-corrected chi connectivity index (χ4v) is 3.22. The quantitative estimate of drug-likeness (QED) is 0.856. The number of hydrogen-bond donors (Lipinski definition) is 1. The molecule has 0 saturated heterocycles. The van der Waals surface area contributed by atoms with Crippen molar-refractivity contribution in [3.05, 3.63) is 55.1 Å². The second kappa shape index (κ2) is 5.80. The van der Waals surface area contributed by atoms with E-state index < -0.39 is 0 Å². The summed E-state index contributed by atoms with van der Waals surface area (Å²) in [5, 5.41) is 4.88. The molecule has 5 heteroatoms. The highest BCUT2D eigenvalue weighted by molar-refractivity contribution is 9.11. The van der Waals surface area contributed by atoms with Gasteiger partial charge in [0.25, 0.3) is 5.91 Å². The zero-order valence-electron chi connectivity index (χ0n) is 8.74. The highest BCUT2D eigenvalue weighted by Gasteiger charge is 2.09. The fourth-order valence-electron chi connectivity index (χ4n) is 1.35. The monoisotopic (exact) mass is 373 g/mol. The first kappa shape index (κ1) is 12.8. The van der Waals surface area contributed by atoms with Crippen LogP contribution in [0.5, 0.6) is 0 Å². The van der Waals surface area contributed by atoms with E-state index in [-0.39, 0.29) is 5.91 Å². The van der Waals surface area contributed by atoms with Crippen LogP contribution >= 0.6 is 43.2 Å². The Bertz CT molecular complexity index is 525. The SMILES string of the molecule is O=C(NCc1cccs1)c1ccc(Br)cc1Br. The Hall–Kier alpha value is -0.650. The van der Waals surface area contributed by atoms with Crippen molar-refractivity contribution >= 4 is 49.1 Å². The van der Waals surface area contributed by atoms with Gasteiger partial charge in [0.1, 0.15) is 0 Å². The molecule has 0 saturated carbocycles. The lowest BCUT2D eigenvalue weighted by Crippen LogP contribution is -2.22. The third kappa shape index (κ3) is 3.40. The van der Waals surface area contributed by atoms with Crippen molar-refractivity contribution < 1.29 is 4.79 Å². The minimum absolute atomic E-state index is 0.0715. The number of halogens is 2. The smallest absolute Gasteiger partial charge is 0.252 e. The number of nitrogens with one attached hydrogen (secondary N) is 1. The van der Waals surface area contributed by atoms with Crippen LogP contribution in [0.2, 0.25) is 0 Å². The largest absolute Gasteiger partial charge is 0.347 e. The van der Waals surface area contributed by atoms with Gasteiger partial charge in [-0.1, -0.05) is 22.0 Å². The normalized spacial score (nSPS) is 10.2. The van der Waals surface area contributed by atoms with Gasteiger partial charge in [0.05, 0.1) is 12.1 Å². The molecule has 0 atom stereocenters. The lowest BCUT2D eigenvalue weighted by atomic mass is 10.2. The molecule has 1 N–H and O–H groups in total. The minimum Gasteiger partial charge on any atom is -0.347 e. The number of thiophene rings is 1. The van der Waals surface area contributed by atoms with Crippen LogP contribution < -0.4 is 5.32 Å². The molecule has 0 aliphatic heterocycles. The molecule has 0 unspecified atom stereocenters. The molecule has 1 aromatic carbocycles. The highest BCUT2D eigenvalue weighted by atomic mass is 79.9. The van der Waals surface area contributed by atoms with Crippen molar-refractivity contribution in [2.75, 3.05) is 0 Å². The molecule has 0 fully saturated rings. The summed E-state index contributed by atoms with van der Waals surface area (Å²) in [6.45, 7) is 0.568. The Balaban J connectivity index is 2.04. The zero-order chi connectivity index (χ0) is 12.3. The fraction of sp³-hybridized carbons (Fsp3) is 0.0833. The predicted octanol–water partition coefficient (Wildman–Crippen LogP) is 4.20. The van der Waals surface area contributed by atoms with Gasteiger partial charge in [0.15, 0.2) is 0 Å². The zero-order valence-corrected chi connectivity index (χ0v) is 12.7. The summed E-state index contributed by atoms with van der Waals surface area (Å²) in [6.07, 6.45) is 0. The Morgan fingerprint density at radius 3 is 2.76 bits per heavy atom. The van der Waals surface area contributed by atoms with Crippen molar-refractivity contribution in [3.8, 4) is 0 Å². The molecule has 2 aromatic rings. The number of benzene rings is 1. The van der Waals surface area contributed by atoms with Gasteiger partial charge in [-0.3, -0.25) is 4.79 Å². The van der Waals surface area contributed by atoms with E-state index in [1.165, 1.54) is 0 Å². The third-order valence-electron chi connectivity index (χ3n) is 2.18. The molecule has 0 radical (unpaired) electrons. The van der Waals surface area contributed by atoms with Crippen molar-refractivity contribution in [1.29, 1.82) is 0 Å². The summed E-state index contributed by atoms with van der Waals surface area (Å²) >= 11 is 8.37. The molecule has 1 amide bonds. The van der Waals surface area contributed by atoms with Gasteiger partial charge >= 0.3 is 0 Å². The van der Waals surface area contributed by atoms with Gasteiger partial charge in [-0.2, -0.15) is 0 Å². The first-order valence-corrected chi connectivity index (χ1v) is 7.39. The Morgan fingerprint density at radius 1 is 1.29 bits per heavy atom. The molecule has 0 spiro atoms. The van der Waals surface area contributed by atoms with Crippen molar-refractivity contribution in [2.24, 2.45) is 0 Å². The summed E-state index contributed by atoms with van der Waals surface area (Å²) in [5.41, 5.74) is 0.643. The second-order valence-corrected chi connectivity index (χ2v) is 6.19. The summed E-state index contributed by atoms with van der Waals surface area (Å²) < 4.78 is 1.73. The summed E-state index contributed by atoms with van der Waals surface area (Å²) in [7, 11) is 0. The van der Waals surface area contributed by atoms with Gasteiger partial charge in [-0.15, -0.1) is 11.3 Å². The van der Waals surface area contributed by atoms with E-state index in [1.54, 1.807) is 17.4 Å². The average molecular weight is 375 g/mol. The van der Waals surface area contributed by atoms with Gasteiger partial charge in [0.2, 0.25) is 0 Å². The summed E-state index contributed by atoms with van der Waals surface area (Å²) in [6, 6.07) is 9.48. The number of carbonyl (C=O) groups excluding carboxylic acids is 1. The summed E-state index contributed by atoms with van der Waals surface area (Å²) in [5.74, 6) is -0.0715. The Kier molecular flexibility index (Phi) is 4.36. The molecule has 17 heavy (non-hydrogen) atoms. The van der Waals surface area contributed by atoms with Crippen molar-refractivity contribution in [1.82, 2.24) is 5.32 Å².